The van der Waals surface area contributed by atoms with Crippen molar-refractivity contribution in [2.24, 2.45) is 0 Å². The molecular weight excluding hydrogens is 364 g/mol. The third-order valence-electron chi connectivity index (χ3n) is 5.00. The van der Waals surface area contributed by atoms with Crippen molar-refractivity contribution < 1.29 is 19.1 Å². The van der Waals surface area contributed by atoms with E-state index in [1.54, 1.807) is 34.4 Å². The van der Waals surface area contributed by atoms with Gasteiger partial charge in [0.15, 0.2) is 0 Å². The first-order valence-electron chi connectivity index (χ1n) is 8.94. The van der Waals surface area contributed by atoms with Gasteiger partial charge in [-0.1, -0.05) is 6.07 Å². The smallest absolute Gasteiger partial charge is 0.261 e. The minimum atomic E-state index is -0.367. The molecule has 7 heteroatoms. The van der Waals surface area contributed by atoms with Crippen LogP contribution in [-0.4, -0.2) is 53.8 Å². The first-order valence-corrected chi connectivity index (χ1v) is 9.82. The minimum Gasteiger partial charge on any atom is -0.376 e. The quantitative estimate of drug-likeness (QED) is 0.744. The lowest BCUT2D eigenvalue weighted by Crippen LogP contribution is -2.36. The molecule has 1 unspecified atom stereocenters. The third-order valence-corrected chi connectivity index (χ3v) is 5.86. The van der Waals surface area contributed by atoms with Gasteiger partial charge in [-0.3, -0.25) is 19.3 Å². The number of rotatable bonds is 5. The molecule has 0 bridgehead atoms. The number of nitrogens with zero attached hydrogens (tertiary/aromatic N) is 2. The van der Waals surface area contributed by atoms with E-state index >= 15 is 0 Å². The Balaban J connectivity index is 1.61. The van der Waals surface area contributed by atoms with Crippen molar-refractivity contribution in [3.05, 3.63) is 57.3 Å². The first kappa shape index (κ1) is 17.9. The number of hydrogen-bond acceptors (Lipinski definition) is 5. The molecule has 4 rings (SSSR count). The molecule has 1 saturated heterocycles. The molecule has 0 N–H and O–H groups in total. The fourth-order valence-electron chi connectivity index (χ4n) is 3.52. The maximum absolute atomic E-state index is 13.2. The molecule has 0 saturated carbocycles. The number of imide groups is 1. The Kier molecular flexibility index (Phi) is 4.80. The van der Waals surface area contributed by atoms with Crippen LogP contribution in [0.15, 0.2) is 35.7 Å². The van der Waals surface area contributed by atoms with Crippen LogP contribution in [-0.2, 0) is 11.3 Å². The monoisotopic (exact) mass is 384 g/mol. The van der Waals surface area contributed by atoms with E-state index in [0.717, 1.165) is 29.2 Å². The van der Waals surface area contributed by atoms with Crippen LogP contribution in [0.2, 0.25) is 0 Å². The van der Waals surface area contributed by atoms with Gasteiger partial charge >= 0.3 is 0 Å². The van der Waals surface area contributed by atoms with Crippen LogP contribution < -0.4 is 0 Å². The van der Waals surface area contributed by atoms with Crippen molar-refractivity contribution in [3.63, 3.8) is 0 Å². The number of carbonyl (C=O) groups excluding carboxylic acids is 3. The van der Waals surface area contributed by atoms with Crippen LogP contribution in [0.5, 0.6) is 0 Å². The summed E-state index contributed by atoms with van der Waals surface area (Å²) in [5, 5.41) is 1.99. The van der Waals surface area contributed by atoms with Gasteiger partial charge in [0.25, 0.3) is 17.7 Å². The molecule has 1 fully saturated rings. The van der Waals surface area contributed by atoms with E-state index in [1.807, 2.05) is 17.5 Å². The lowest BCUT2D eigenvalue weighted by molar-refractivity contribution is 0.0509. The van der Waals surface area contributed by atoms with Crippen LogP contribution in [0.4, 0.5) is 0 Å². The second kappa shape index (κ2) is 7.25. The molecule has 0 aliphatic carbocycles. The Morgan fingerprint density at radius 3 is 2.78 bits per heavy atom. The van der Waals surface area contributed by atoms with E-state index in [-0.39, 0.29) is 23.8 Å². The summed E-state index contributed by atoms with van der Waals surface area (Å²) in [6, 6.07) is 8.70. The number of carbonyl (C=O) groups is 3. The predicted octanol–water partition coefficient (Wildman–Crippen LogP) is 2.80. The van der Waals surface area contributed by atoms with E-state index in [4.69, 9.17) is 4.74 Å². The first-order chi connectivity index (χ1) is 13.0. The topological polar surface area (TPSA) is 66.9 Å². The molecule has 1 aromatic carbocycles. The maximum atomic E-state index is 13.2. The van der Waals surface area contributed by atoms with Gasteiger partial charge in [0.05, 0.1) is 23.8 Å². The van der Waals surface area contributed by atoms with Crippen molar-refractivity contribution in [3.8, 4) is 0 Å². The SMILES string of the molecule is CN1C(=O)c2ccc(C(=O)N(Cc3cccs3)CC3CCCO3)cc2C1=O. The molecule has 2 aromatic rings. The summed E-state index contributed by atoms with van der Waals surface area (Å²) in [6.07, 6.45) is 1.99. The zero-order valence-electron chi connectivity index (χ0n) is 15.0. The summed E-state index contributed by atoms with van der Waals surface area (Å²) in [6.45, 7) is 1.74. The van der Waals surface area contributed by atoms with Gasteiger partial charge < -0.3 is 9.64 Å². The fraction of sp³-hybridized carbons (Fsp3) is 0.350. The molecule has 0 radical (unpaired) electrons. The van der Waals surface area contributed by atoms with Gasteiger partial charge in [-0.25, -0.2) is 0 Å². The largest absolute Gasteiger partial charge is 0.376 e. The summed E-state index contributed by atoms with van der Waals surface area (Å²) in [5.74, 6) is -0.853. The van der Waals surface area contributed by atoms with Crippen LogP contribution in [0.25, 0.3) is 0 Å². The highest BCUT2D eigenvalue weighted by Crippen LogP contribution is 2.25. The number of thiophene rings is 1. The van der Waals surface area contributed by atoms with Crippen molar-refractivity contribution in [1.29, 1.82) is 0 Å². The minimum absolute atomic E-state index is 0.0395. The Morgan fingerprint density at radius 2 is 2.07 bits per heavy atom. The number of hydrogen-bond donors (Lipinski definition) is 0. The Labute approximate surface area is 161 Å². The summed E-state index contributed by atoms with van der Waals surface area (Å²) >= 11 is 1.60. The molecule has 3 amide bonds. The van der Waals surface area contributed by atoms with E-state index in [1.165, 1.54) is 7.05 Å². The molecule has 2 aliphatic heterocycles. The van der Waals surface area contributed by atoms with Crippen molar-refractivity contribution in [2.75, 3.05) is 20.2 Å². The summed E-state index contributed by atoms with van der Waals surface area (Å²) < 4.78 is 5.71. The molecule has 1 atom stereocenters. The van der Waals surface area contributed by atoms with Gasteiger partial charge in [-0.2, -0.15) is 0 Å². The molecule has 1 aromatic heterocycles. The van der Waals surface area contributed by atoms with Gasteiger partial charge in [-0.05, 0) is 42.5 Å². The average Bonchev–Trinajstić information content (AvgIpc) is 3.42. The lowest BCUT2D eigenvalue weighted by atomic mass is 10.0. The number of ether oxygens (including phenoxy) is 1. The zero-order valence-corrected chi connectivity index (χ0v) is 15.8. The predicted molar refractivity (Wildman–Crippen MR) is 101 cm³/mol. The van der Waals surface area contributed by atoms with Crippen LogP contribution >= 0.6 is 11.3 Å². The second-order valence-electron chi connectivity index (χ2n) is 6.83. The van der Waals surface area contributed by atoms with E-state index in [9.17, 15) is 14.4 Å². The lowest BCUT2D eigenvalue weighted by Gasteiger charge is -2.25. The van der Waals surface area contributed by atoms with E-state index < -0.39 is 0 Å². The molecule has 3 heterocycles. The Morgan fingerprint density at radius 1 is 1.26 bits per heavy atom. The normalized spacial score (nSPS) is 18.9. The maximum Gasteiger partial charge on any atom is 0.261 e. The van der Waals surface area contributed by atoms with Crippen LogP contribution in [0.1, 0.15) is 48.8 Å². The van der Waals surface area contributed by atoms with E-state index in [0.29, 0.717) is 29.8 Å². The third kappa shape index (κ3) is 3.40. The molecule has 140 valence electrons. The standard InChI is InChI=1S/C20H20N2O4S/c1-21-19(24)16-7-6-13(10-17(16)20(21)25)18(23)22(11-14-4-2-8-26-14)12-15-5-3-9-27-15/h3,5-7,9-10,14H,2,4,8,11-12H2,1H3. The highest BCUT2D eigenvalue weighted by atomic mass is 32.1. The molecule has 27 heavy (non-hydrogen) atoms. The summed E-state index contributed by atoms with van der Waals surface area (Å²) in [4.78, 5) is 41.4. The summed E-state index contributed by atoms with van der Waals surface area (Å²) in [7, 11) is 1.45. The number of fused-ring (bicyclic) bond motifs is 1. The number of benzene rings is 1. The van der Waals surface area contributed by atoms with Gasteiger partial charge in [0.2, 0.25) is 0 Å². The van der Waals surface area contributed by atoms with Crippen molar-refractivity contribution in [2.45, 2.75) is 25.5 Å². The van der Waals surface area contributed by atoms with Crippen LogP contribution in [0.3, 0.4) is 0 Å². The van der Waals surface area contributed by atoms with E-state index in [2.05, 4.69) is 0 Å². The Bertz CT molecular complexity index is 887. The molecule has 0 spiro atoms. The number of amides is 3. The van der Waals surface area contributed by atoms with Crippen molar-refractivity contribution in [1.82, 2.24) is 9.80 Å². The van der Waals surface area contributed by atoms with Crippen molar-refractivity contribution >= 4 is 29.1 Å². The van der Waals surface area contributed by atoms with Gasteiger partial charge in [-0.15, -0.1) is 11.3 Å². The average molecular weight is 384 g/mol. The highest BCUT2D eigenvalue weighted by molar-refractivity contribution is 7.09. The second-order valence-corrected chi connectivity index (χ2v) is 7.86. The molecule has 6 nitrogen and oxygen atoms in total. The highest BCUT2D eigenvalue weighted by Gasteiger charge is 2.34. The Hall–Kier alpha value is -2.51. The van der Waals surface area contributed by atoms with Gasteiger partial charge in [0, 0.05) is 30.6 Å². The van der Waals surface area contributed by atoms with Gasteiger partial charge in [0.1, 0.15) is 0 Å². The zero-order chi connectivity index (χ0) is 19.0. The molecular formula is C20H20N2O4S. The summed E-state index contributed by atoms with van der Waals surface area (Å²) in [5.41, 5.74) is 1.06. The molecule has 2 aliphatic rings. The fourth-order valence-corrected chi connectivity index (χ4v) is 4.24. The van der Waals surface area contributed by atoms with Crippen LogP contribution in [0, 0.1) is 0 Å².